The van der Waals surface area contributed by atoms with Crippen molar-refractivity contribution in [2.45, 2.75) is 32.5 Å². The molecule has 6 nitrogen and oxygen atoms in total. The molecule has 1 atom stereocenters. The Morgan fingerprint density at radius 2 is 1.90 bits per heavy atom. The van der Waals surface area contributed by atoms with Crippen LogP contribution in [0.15, 0.2) is 70.8 Å². The second-order valence-corrected chi connectivity index (χ2v) is 8.31. The number of carbonyl (C=O) groups is 1. The van der Waals surface area contributed by atoms with Gasteiger partial charge >= 0.3 is 0 Å². The van der Waals surface area contributed by atoms with Gasteiger partial charge in [-0.15, -0.1) is 11.3 Å². The third kappa shape index (κ3) is 4.57. The lowest BCUT2D eigenvalue weighted by molar-refractivity contribution is -0.118. The molecule has 0 bridgehead atoms. The quantitative estimate of drug-likeness (QED) is 0.447. The minimum absolute atomic E-state index is 0.0590. The molecule has 31 heavy (non-hydrogen) atoms. The highest BCUT2D eigenvalue weighted by Crippen LogP contribution is 2.27. The van der Waals surface area contributed by atoms with Crippen LogP contribution in [0.5, 0.6) is 0 Å². The average molecular weight is 433 g/mol. The van der Waals surface area contributed by atoms with Gasteiger partial charge in [-0.25, -0.2) is 4.98 Å². The van der Waals surface area contributed by atoms with Crippen LogP contribution in [0.1, 0.15) is 34.8 Å². The average Bonchev–Trinajstić information content (AvgIpc) is 3.31. The van der Waals surface area contributed by atoms with Crippen LogP contribution in [0.4, 0.5) is 0 Å². The molecule has 0 saturated heterocycles. The van der Waals surface area contributed by atoms with Crippen molar-refractivity contribution >= 4 is 28.1 Å². The second kappa shape index (κ2) is 9.24. The smallest absolute Gasteiger partial charge is 0.261 e. The third-order valence-electron chi connectivity index (χ3n) is 5.27. The van der Waals surface area contributed by atoms with E-state index in [1.54, 1.807) is 29.5 Å². The Hall–Kier alpha value is -3.29. The van der Waals surface area contributed by atoms with Crippen molar-refractivity contribution in [1.82, 2.24) is 14.9 Å². The van der Waals surface area contributed by atoms with E-state index in [4.69, 9.17) is 5.73 Å². The number of thiophene rings is 1. The predicted octanol–water partition coefficient (Wildman–Crippen LogP) is 3.38. The van der Waals surface area contributed by atoms with Crippen molar-refractivity contribution in [3.63, 3.8) is 0 Å². The number of para-hydroxylation sites is 1. The van der Waals surface area contributed by atoms with Gasteiger partial charge in [0.15, 0.2) is 0 Å². The molecular formula is C24H24N4O2S. The normalized spacial score (nSPS) is 12.2. The maximum atomic E-state index is 13.0. The molecule has 158 valence electrons. The second-order valence-electron chi connectivity index (χ2n) is 7.33. The van der Waals surface area contributed by atoms with Crippen LogP contribution in [0, 0.1) is 0 Å². The number of nitrogens with one attached hydrogen (secondary N) is 1. The van der Waals surface area contributed by atoms with Crippen molar-refractivity contribution in [3.05, 3.63) is 98.2 Å². The molecule has 4 aromatic rings. The van der Waals surface area contributed by atoms with E-state index in [-0.39, 0.29) is 18.1 Å². The first kappa shape index (κ1) is 21.0. The molecule has 0 radical (unpaired) electrons. The number of aryl methyl sites for hydroxylation is 1. The van der Waals surface area contributed by atoms with Crippen LogP contribution in [0.25, 0.3) is 10.9 Å². The number of benzene rings is 2. The molecule has 0 saturated carbocycles. The summed E-state index contributed by atoms with van der Waals surface area (Å²) in [5.74, 6) is -0.0976. The number of fused-ring (bicyclic) bond motifs is 1. The van der Waals surface area contributed by atoms with E-state index >= 15 is 0 Å². The number of nitrogens with zero attached hydrogens (tertiary/aromatic N) is 2. The monoisotopic (exact) mass is 432 g/mol. The zero-order chi connectivity index (χ0) is 21.8. The topological polar surface area (TPSA) is 90.0 Å². The highest BCUT2D eigenvalue weighted by molar-refractivity contribution is 7.10. The lowest BCUT2D eigenvalue weighted by Crippen LogP contribution is -2.34. The van der Waals surface area contributed by atoms with Gasteiger partial charge < -0.3 is 5.73 Å². The molecule has 0 spiro atoms. The van der Waals surface area contributed by atoms with Crippen molar-refractivity contribution < 1.29 is 4.79 Å². The molecule has 3 N–H and O–H groups in total. The molecule has 2 aromatic heterocycles. The minimum atomic E-state index is -0.578. The van der Waals surface area contributed by atoms with Gasteiger partial charge in [0.05, 0.1) is 23.5 Å². The third-order valence-corrected chi connectivity index (χ3v) is 6.21. The zero-order valence-electron chi connectivity index (χ0n) is 17.2. The lowest BCUT2D eigenvalue weighted by Gasteiger charge is -2.20. The van der Waals surface area contributed by atoms with E-state index in [9.17, 15) is 9.59 Å². The molecule has 7 heteroatoms. The summed E-state index contributed by atoms with van der Waals surface area (Å²) in [4.78, 5) is 30.4. The molecule has 4 rings (SSSR count). The Bertz CT molecular complexity index is 1250. The van der Waals surface area contributed by atoms with E-state index in [1.807, 2.05) is 17.5 Å². The molecule has 0 aliphatic carbocycles. The number of hydrogen-bond donors (Lipinski definition) is 2. The number of rotatable bonds is 8. The molecule has 0 unspecified atom stereocenters. The Morgan fingerprint density at radius 1 is 1.13 bits per heavy atom. The summed E-state index contributed by atoms with van der Waals surface area (Å²) >= 11 is 1.67. The van der Waals surface area contributed by atoms with Crippen molar-refractivity contribution in [1.29, 1.82) is 0 Å². The molecule has 0 aliphatic rings. The fourth-order valence-electron chi connectivity index (χ4n) is 3.65. The summed E-state index contributed by atoms with van der Waals surface area (Å²) in [6, 6.07) is 19.7. The maximum Gasteiger partial charge on any atom is 0.261 e. The van der Waals surface area contributed by atoms with Gasteiger partial charge in [0, 0.05) is 4.88 Å². The van der Waals surface area contributed by atoms with Crippen molar-refractivity contribution in [2.24, 2.45) is 5.73 Å². The standard InChI is InChI=1S/C24H24N4O2S/c1-2-16-9-11-17(12-10-16)23(20-8-5-13-31-20)26-14-22-27-19-7-4-3-6-18(19)24(30)28(22)15-21(25)29/h3-13,23,26H,2,14-15H2,1H3,(H2,25,29)/t23-/m0/s1. The molecule has 2 aromatic carbocycles. The van der Waals surface area contributed by atoms with Crippen LogP contribution in [-0.4, -0.2) is 15.5 Å². The van der Waals surface area contributed by atoms with Crippen molar-refractivity contribution in [2.75, 3.05) is 0 Å². The van der Waals surface area contributed by atoms with E-state index in [0.29, 0.717) is 23.3 Å². The van der Waals surface area contributed by atoms with E-state index in [1.165, 1.54) is 10.1 Å². The zero-order valence-corrected chi connectivity index (χ0v) is 18.1. The van der Waals surface area contributed by atoms with Crippen molar-refractivity contribution in [3.8, 4) is 0 Å². The SMILES string of the molecule is CCc1ccc([C@H](NCc2nc3ccccc3c(=O)n2CC(N)=O)c2cccs2)cc1. The molecule has 1 amide bonds. The summed E-state index contributed by atoms with van der Waals surface area (Å²) in [6.45, 7) is 2.24. The summed E-state index contributed by atoms with van der Waals surface area (Å²) in [5, 5.41) is 6.05. The fourth-order valence-corrected chi connectivity index (χ4v) is 4.47. The van der Waals surface area contributed by atoms with E-state index in [2.05, 4.69) is 47.6 Å². The number of aromatic nitrogens is 2. The first-order valence-electron chi connectivity index (χ1n) is 10.2. The number of hydrogen-bond acceptors (Lipinski definition) is 5. The molecule has 0 aliphatic heterocycles. The number of nitrogens with two attached hydrogens (primary N) is 1. The highest BCUT2D eigenvalue weighted by atomic mass is 32.1. The van der Waals surface area contributed by atoms with Crippen LogP contribution in [0.2, 0.25) is 0 Å². The van der Waals surface area contributed by atoms with Gasteiger partial charge in [0.25, 0.3) is 5.56 Å². The fraction of sp³-hybridized carbons (Fsp3) is 0.208. The Kier molecular flexibility index (Phi) is 6.25. The van der Waals surface area contributed by atoms with Crippen LogP contribution >= 0.6 is 11.3 Å². The highest BCUT2D eigenvalue weighted by Gasteiger charge is 2.18. The van der Waals surface area contributed by atoms with Gasteiger partial charge in [0.2, 0.25) is 5.91 Å². The molecule has 0 fully saturated rings. The summed E-state index contributed by atoms with van der Waals surface area (Å²) in [6.07, 6.45) is 0.984. The molecular weight excluding hydrogens is 408 g/mol. The van der Waals surface area contributed by atoms with Gasteiger partial charge in [-0.3, -0.25) is 19.5 Å². The van der Waals surface area contributed by atoms with Gasteiger partial charge in [0.1, 0.15) is 12.4 Å². The van der Waals surface area contributed by atoms with Gasteiger partial charge in [-0.05, 0) is 41.1 Å². The Labute approximate surface area is 184 Å². The summed E-state index contributed by atoms with van der Waals surface area (Å²) in [7, 11) is 0. The number of carbonyl (C=O) groups excluding carboxylic acids is 1. The number of primary amides is 1. The minimum Gasteiger partial charge on any atom is -0.368 e. The Morgan fingerprint density at radius 3 is 2.58 bits per heavy atom. The summed E-state index contributed by atoms with van der Waals surface area (Å²) in [5.41, 5.74) is 8.16. The van der Waals surface area contributed by atoms with E-state index in [0.717, 1.165) is 16.9 Å². The number of amides is 1. The maximum absolute atomic E-state index is 13.0. The first-order chi connectivity index (χ1) is 15.1. The van der Waals surface area contributed by atoms with Gasteiger partial charge in [-0.1, -0.05) is 49.4 Å². The van der Waals surface area contributed by atoms with Gasteiger partial charge in [-0.2, -0.15) is 0 Å². The summed E-state index contributed by atoms with van der Waals surface area (Å²) < 4.78 is 1.36. The van der Waals surface area contributed by atoms with E-state index < -0.39 is 5.91 Å². The first-order valence-corrected chi connectivity index (χ1v) is 11.1. The molecule has 2 heterocycles. The lowest BCUT2D eigenvalue weighted by atomic mass is 10.0. The predicted molar refractivity (Wildman–Crippen MR) is 124 cm³/mol. The van der Waals surface area contributed by atoms with Crippen LogP contribution in [0.3, 0.4) is 0 Å². The largest absolute Gasteiger partial charge is 0.368 e. The Balaban J connectivity index is 1.71. The van der Waals surface area contributed by atoms with Crippen LogP contribution < -0.4 is 16.6 Å². The van der Waals surface area contributed by atoms with Crippen LogP contribution in [-0.2, 0) is 24.3 Å².